The van der Waals surface area contributed by atoms with E-state index in [1.54, 1.807) is 0 Å². The van der Waals surface area contributed by atoms with Crippen LogP contribution in [0.2, 0.25) is 0 Å². The van der Waals surface area contributed by atoms with Crippen LogP contribution in [0.15, 0.2) is 47.6 Å². The molecule has 0 radical (unpaired) electrons. The van der Waals surface area contributed by atoms with Crippen LogP contribution in [0.4, 0.5) is 5.69 Å². The zero-order chi connectivity index (χ0) is 13.8. The Labute approximate surface area is 125 Å². The molecule has 1 aromatic carbocycles. The lowest BCUT2D eigenvalue weighted by Crippen LogP contribution is -1.98. The van der Waals surface area contributed by atoms with E-state index < -0.39 is 0 Å². The van der Waals surface area contributed by atoms with Crippen molar-refractivity contribution in [3.8, 4) is 0 Å². The maximum atomic E-state index is 3.47. The van der Waals surface area contributed by atoms with Gasteiger partial charge in [0.2, 0.25) is 0 Å². The highest BCUT2D eigenvalue weighted by Gasteiger charge is 2.15. The lowest BCUT2D eigenvalue weighted by molar-refractivity contribution is 0.886. The molecule has 106 valence electrons. The lowest BCUT2D eigenvalue weighted by atomic mass is 10.3. The Balaban J connectivity index is 1.52. The van der Waals surface area contributed by atoms with E-state index in [0.29, 0.717) is 0 Å². The van der Waals surface area contributed by atoms with Gasteiger partial charge in [0, 0.05) is 41.8 Å². The molecule has 0 spiro atoms. The van der Waals surface area contributed by atoms with E-state index in [0.717, 1.165) is 11.8 Å². The van der Waals surface area contributed by atoms with Crippen LogP contribution < -0.4 is 5.32 Å². The number of benzene rings is 1. The van der Waals surface area contributed by atoms with Gasteiger partial charge in [-0.1, -0.05) is 12.8 Å². The van der Waals surface area contributed by atoms with E-state index >= 15 is 0 Å². The van der Waals surface area contributed by atoms with Gasteiger partial charge in [0.25, 0.3) is 0 Å². The average molecular weight is 286 g/mol. The van der Waals surface area contributed by atoms with Crippen molar-refractivity contribution in [2.24, 2.45) is 7.05 Å². The summed E-state index contributed by atoms with van der Waals surface area (Å²) in [6, 6.07) is 11.0. The summed E-state index contributed by atoms with van der Waals surface area (Å²) < 4.78 is 2.08. The van der Waals surface area contributed by atoms with Gasteiger partial charge in [0.15, 0.2) is 0 Å². The van der Waals surface area contributed by atoms with Crippen LogP contribution >= 0.6 is 11.8 Å². The summed E-state index contributed by atoms with van der Waals surface area (Å²) in [5.41, 5.74) is 2.52. The molecule has 2 aromatic rings. The molecule has 0 atom stereocenters. The van der Waals surface area contributed by atoms with Gasteiger partial charge in [-0.15, -0.1) is 11.8 Å². The SMILES string of the molecule is Cn1ccc(CNc2ccc(SC3CCCC3)cc2)c1. The highest BCUT2D eigenvalue weighted by Crippen LogP contribution is 2.34. The Morgan fingerprint density at radius 2 is 1.90 bits per heavy atom. The summed E-state index contributed by atoms with van der Waals surface area (Å²) in [6.45, 7) is 0.885. The molecule has 0 unspecified atom stereocenters. The van der Waals surface area contributed by atoms with Crippen molar-refractivity contribution in [1.29, 1.82) is 0 Å². The topological polar surface area (TPSA) is 17.0 Å². The van der Waals surface area contributed by atoms with Gasteiger partial charge in [-0.2, -0.15) is 0 Å². The highest BCUT2D eigenvalue weighted by atomic mass is 32.2. The number of nitrogens with zero attached hydrogens (tertiary/aromatic N) is 1. The van der Waals surface area contributed by atoms with Crippen LogP contribution in [0.5, 0.6) is 0 Å². The number of hydrogen-bond donors (Lipinski definition) is 1. The van der Waals surface area contributed by atoms with E-state index in [2.05, 4.69) is 59.7 Å². The molecule has 1 aromatic heterocycles. The number of anilines is 1. The third kappa shape index (κ3) is 3.60. The zero-order valence-electron chi connectivity index (χ0n) is 12.0. The normalized spacial score (nSPS) is 15.7. The van der Waals surface area contributed by atoms with Gasteiger partial charge >= 0.3 is 0 Å². The molecular formula is C17H22N2S. The predicted molar refractivity (Wildman–Crippen MR) is 87.3 cm³/mol. The molecule has 0 bridgehead atoms. The van der Waals surface area contributed by atoms with Crippen LogP contribution in [0.1, 0.15) is 31.2 Å². The maximum absolute atomic E-state index is 3.47. The lowest BCUT2D eigenvalue weighted by Gasteiger charge is -2.10. The number of aryl methyl sites for hydroxylation is 1. The van der Waals surface area contributed by atoms with Crippen molar-refractivity contribution in [1.82, 2.24) is 4.57 Å². The fourth-order valence-corrected chi connectivity index (χ4v) is 3.97. The Hall–Kier alpha value is -1.35. The molecule has 3 heteroatoms. The molecule has 2 nitrogen and oxygen atoms in total. The fraction of sp³-hybridized carbons (Fsp3) is 0.412. The molecule has 0 saturated heterocycles. The van der Waals surface area contributed by atoms with Gasteiger partial charge < -0.3 is 9.88 Å². The van der Waals surface area contributed by atoms with E-state index in [9.17, 15) is 0 Å². The Bertz CT molecular complexity index is 538. The first-order chi connectivity index (χ1) is 9.79. The minimum absolute atomic E-state index is 0.845. The van der Waals surface area contributed by atoms with Crippen LogP contribution in [0.25, 0.3) is 0 Å². The zero-order valence-corrected chi connectivity index (χ0v) is 12.8. The van der Waals surface area contributed by atoms with Gasteiger partial charge in [-0.25, -0.2) is 0 Å². The molecular weight excluding hydrogens is 264 g/mol. The minimum atomic E-state index is 0.845. The Kier molecular flexibility index (Phi) is 4.36. The van der Waals surface area contributed by atoms with Crippen molar-refractivity contribution in [2.45, 2.75) is 42.4 Å². The average Bonchev–Trinajstić information content (AvgIpc) is 3.10. The predicted octanol–water partition coefficient (Wildman–Crippen LogP) is 4.67. The van der Waals surface area contributed by atoms with E-state index in [1.807, 2.05) is 11.8 Å². The van der Waals surface area contributed by atoms with Crippen molar-refractivity contribution < 1.29 is 0 Å². The van der Waals surface area contributed by atoms with Gasteiger partial charge in [-0.3, -0.25) is 0 Å². The third-order valence-corrected chi connectivity index (χ3v) is 5.20. The molecule has 0 aliphatic heterocycles. The van der Waals surface area contributed by atoms with E-state index in [-0.39, 0.29) is 0 Å². The summed E-state index contributed by atoms with van der Waals surface area (Å²) in [5.74, 6) is 0. The van der Waals surface area contributed by atoms with Crippen LogP contribution in [0, 0.1) is 0 Å². The number of hydrogen-bond acceptors (Lipinski definition) is 2. The molecule has 1 aliphatic carbocycles. The fourth-order valence-electron chi connectivity index (χ4n) is 2.72. The van der Waals surface area contributed by atoms with Gasteiger partial charge in [0.1, 0.15) is 0 Å². The molecule has 1 N–H and O–H groups in total. The maximum Gasteiger partial charge on any atom is 0.0415 e. The van der Waals surface area contributed by atoms with Crippen LogP contribution in [0.3, 0.4) is 0 Å². The second-order valence-corrected chi connectivity index (χ2v) is 6.96. The molecule has 1 saturated carbocycles. The summed E-state index contributed by atoms with van der Waals surface area (Å²) in [6.07, 6.45) is 9.83. The molecule has 1 fully saturated rings. The summed E-state index contributed by atoms with van der Waals surface area (Å²) in [5, 5.41) is 4.32. The smallest absolute Gasteiger partial charge is 0.0415 e. The third-order valence-electron chi connectivity index (χ3n) is 3.85. The largest absolute Gasteiger partial charge is 0.381 e. The second kappa shape index (κ2) is 6.40. The van der Waals surface area contributed by atoms with Gasteiger partial charge in [0.05, 0.1) is 0 Å². The van der Waals surface area contributed by atoms with Crippen LogP contribution in [-0.4, -0.2) is 9.82 Å². The molecule has 3 rings (SSSR count). The van der Waals surface area contributed by atoms with Crippen molar-refractivity contribution >= 4 is 17.4 Å². The summed E-state index contributed by atoms with van der Waals surface area (Å²) in [7, 11) is 2.05. The molecule has 0 amide bonds. The van der Waals surface area contributed by atoms with Crippen molar-refractivity contribution in [3.63, 3.8) is 0 Å². The molecule has 1 aliphatic rings. The molecule has 20 heavy (non-hydrogen) atoms. The minimum Gasteiger partial charge on any atom is -0.381 e. The van der Waals surface area contributed by atoms with E-state index in [4.69, 9.17) is 0 Å². The standard InChI is InChI=1S/C17H22N2S/c1-19-11-10-14(13-19)12-18-15-6-8-17(9-7-15)20-16-4-2-3-5-16/h6-11,13,16,18H,2-5,12H2,1H3. The summed E-state index contributed by atoms with van der Waals surface area (Å²) in [4.78, 5) is 1.40. The number of nitrogens with one attached hydrogen (secondary N) is 1. The van der Waals surface area contributed by atoms with Crippen LogP contribution in [-0.2, 0) is 13.6 Å². The summed E-state index contributed by atoms with van der Waals surface area (Å²) >= 11 is 2.05. The van der Waals surface area contributed by atoms with Crippen molar-refractivity contribution in [2.75, 3.05) is 5.32 Å². The first kappa shape index (κ1) is 13.6. The number of aromatic nitrogens is 1. The Morgan fingerprint density at radius 3 is 2.55 bits per heavy atom. The number of thioether (sulfide) groups is 1. The first-order valence-electron chi connectivity index (χ1n) is 7.41. The monoisotopic (exact) mass is 286 g/mol. The quantitative estimate of drug-likeness (QED) is 0.860. The highest BCUT2D eigenvalue weighted by molar-refractivity contribution is 8.00. The van der Waals surface area contributed by atoms with Gasteiger partial charge in [-0.05, 0) is 48.7 Å². The first-order valence-corrected chi connectivity index (χ1v) is 8.29. The number of rotatable bonds is 5. The molecule has 1 heterocycles. The Morgan fingerprint density at radius 1 is 1.15 bits per heavy atom. The van der Waals surface area contributed by atoms with Crippen molar-refractivity contribution in [3.05, 3.63) is 48.3 Å². The second-order valence-electron chi connectivity index (χ2n) is 5.59. The van der Waals surface area contributed by atoms with E-state index in [1.165, 1.54) is 41.8 Å².